The van der Waals surface area contributed by atoms with Crippen molar-refractivity contribution < 1.29 is 23.8 Å². The Balaban J connectivity index is 1.33. The van der Waals surface area contributed by atoms with Gasteiger partial charge in [-0.15, -0.1) is 0 Å². The largest absolute Gasteiger partial charge is 0.489 e. The van der Waals surface area contributed by atoms with Gasteiger partial charge >= 0.3 is 0 Å². The number of aliphatic hydroxyl groups is 1. The van der Waals surface area contributed by atoms with Crippen LogP contribution in [0.1, 0.15) is 48.5 Å². The number of rotatable bonds is 9. The van der Waals surface area contributed by atoms with Crippen molar-refractivity contribution in [2.45, 2.75) is 50.5 Å². The summed E-state index contributed by atoms with van der Waals surface area (Å²) >= 11 is 6.50. The van der Waals surface area contributed by atoms with Gasteiger partial charge in [0.25, 0.3) is 5.91 Å². The minimum Gasteiger partial charge on any atom is -0.489 e. The molecular formula is C29H29ClFN3O4. The first-order valence-electron chi connectivity index (χ1n) is 12.8. The molecule has 2 aromatic carbocycles. The van der Waals surface area contributed by atoms with E-state index in [9.17, 15) is 19.1 Å². The van der Waals surface area contributed by atoms with Gasteiger partial charge < -0.3 is 15.2 Å². The van der Waals surface area contributed by atoms with Crippen LogP contribution in [-0.4, -0.2) is 51.9 Å². The van der Waals surface area contributed by atoms with Crippen LogP contribution in [-0.2, 0) is 10.5 Å². The second-order valence-electron chi connectivity index (χ2n) is 9.85. The summed E-state index contributed by atoms with van der Waals surface area (Å²) in [6.45, 7) is 2.96. The average Bonchev–Trinajstić information content (AvgIpc) is 3.57. The van der Waals surface area contributed by atoms with E-state index in [4.69, 9.17) is 16.3 Å². The zero-order valence-corrected chi connectivity index (χ0v) is 21.7. The topological polar surface area (TPSA) is 91.8 Å². The first kappa shape index (κ1) is 26.3. The zero-order chi connectivity index (χ0) is 26.9. The van der Waals surface area contributed by atoms with E-state index >= 15 is 0 Å². The first-order chi connectivity index (χ1) is 18.3. The number of nitrogens with one attached hydrogen (secondary N) is 1. The highest BCUT2D eigenvalue weighted by Gasteiger charge is 2.44. The van der Waals surface area contributed by atoms with Crippen LogP contribution in [0.2, 0.25) is 5.02 Å². The maximum absolute atomic E-state index is 13.2. The van der Waals surface area contributed by atoms with Crippen LogP contribution in [0, 0.1) is 5.82 Å². The lowest BCUT2D eigenvalue weighted by Gasteiger charge is -2.42. The number of pyridine rings is 1. The maximum Gasteiger partial charge on any atom is 0.292 e. The molecule has 1 saturated heterocycles. The fraction of sp³-hybridized carbons (Fsp3) is 0.345. The van der Waals surface area contributed by atoms with Crippen molar-refractivity contribution in [2.24, 2.45) is 0 Å². The summed E-state index contributed by atoms with van der Waals surface area (Å²) < 4.78 is 19.0. The molecule has 1 aliphatic carbocycles. The molecule has 5 rings (SSSR count). The summed E-state index contributed by atoms with van der Waals surface area (Å²) in [5.74, 6) is -1.44. The van der Waals surface area contributed by atoms with Gasteiger partial charge in [-0.25, -0.2) is 4.39 Å². The fourth-order valence-corrected chi connectivity index (χ4v) is 5.01. The highest BCUT2D eigenvalue weighted by Crippen LogP contribution is 2.38. The molecule has 1 aliphatic heterocycles. The minimum absolute atomic E-state index is 0.182. The summed E-state index contributed by atoms with van der Waals surface area (Å²) in [7, 11) is 0. The summed E-state index contributed by atoms with van der Waals surface area (Å²) in [4.78, 5) is 31.9. The first-order valence-corrected chi connectivity index (χ1v) is 13.1. The van der Waals surface area contributed by atoms with Crippen molar-refractivity contribution in [2.75, 3.05) is 13.1 Å². The van der Waals surface area contributed by atoms with E-state index in [0.29, 0.717) is 40.7 Å². The van der Waals surface area contributed by atoms with Crippen molar-refractivity contribution in [3.8, 4) is 17.0 Å². The van der Waals surface area contributed by atoms with Crippen LogP contribution in [0.15, 0.2) is 60.8 Å². The van der Waals surface area contributed by atoms with Crippen LogP contribution in [0.25, 0.3) is 11.3 Å². The molecule has 1 saturated carbocycles. The van der Waals surface area contributed by atoms with Crippen LogP contribution in [0.3, 0.4) is 0 Å². The number of carbonyl (C=O) groups excluding carboxylic acids is 2. The Morgan fingerprint density at radius 3 is 2.45 bits per heavy atom. The lowest BCUT2D eigenvalue weighted by molar-refractivity contribution is -0.139. The average molecular weight is 538 g/mol. The molecular weight excluding hydrogens is 509 g/mol. The molecule has 2 aliphatic rings. The molecule has 2 atom stereocenters. The molecule has 2 heterocycles. The fourth-order valence-electron chi connectivity index (χ4n) is 4.79. The molecule has 0 radical (unpaired) electrons. The SMILES string of the molecule is C[C@@H](NC(=O)C(=O)c1ccc(-c2ccc(F)cn2)cc1)[C@](O)(c1ccc(OC2CC2)c(Cl)c1)N1CCCC1. The number of likely N-dealkylation sites (tertiary alicyclic amines) is 1. The Morgan fingerprint density at radius 2 is 1.84 bits per heavy atom. The molecule has 1 aromatic heterocycles. The molecule has 0 bridgehead atoms. The lowest BCUT2D eigenvalue weighted by Crippen LogP contribution is -2.59. The van der Waals surface area contributed by atoms with Gasteiger partial charge in [-0.3, -0.25) is 19.5 Å². The Labute approximate surface area is 225 Å². The van der Waals surface area contributed by atoms with Crippen LogP contribution < -0.4 is 10.1 Å². The van der Waals surface area contributed by atoms with E-state index in [1.807, 2.05) is 4.90 Å². The molecule has 2 fully saturated rings. The van der Waals surface area contributed by atoms with Gasteiger partial charge in [0.15, 0.2) is 5.72 Å². The Bertz CT molecular complexity index is 1320. The van der Waals surface area contributed by atoms with E-state index in [1.165, 1.54) is 24.3 Å². The lowest BCUT2D eigenvalue weighted by atomic mass is 9.93. The smallest absolute Gasteiger partial charge is 0.292 e. The van der Waals surface area contributed by atoms with Crippen molar-refractivity contribution in [1.82, 2.24) is 15.2 Å². The molecule has 2 N–H and O–H groups in total. The van der Waals surface area contributed by atoms with Crippen LogP contribution >= 0.6 is 11.6 Å². The summed E-state index contributed by atoms with van der Waals surface area (Å²) in [6.07, 6.45) is 5.12. The second-order valence-corrected chi connectivity index (χ2v) is 10.3. The van der Waals surface area contributed by atoms with Crippen molar-refractivity contribution in [3.63, 3.8) is 0 Å². The number of aromatic nitrogens is 1. The van der Waals surface area contributed by atoms with Crippen molar-refractivity contribution in [1.29, 1.82) is 0 Å². The van der Waals surface area contributed by atoms with E-state index < -0.39 is 29.3 Å². The third kappa shape index (κ3) is 5.43. The molecule has 198 valence electrons. The third-order valence-corrected chi connectivity index (χ3v) is 7.39. The van der Waals surface area contributed by atoms with Gasteiger partial charge in [0.05, 0.1) is 29.1 Å². The molecule has 0 spiro atoms. The summed E-state index contributed by atoms with van der Waals surface area (Å²) in [5.41, 5.74) is 0.363. The number of benzene rings is 2. The monoisotopic (exact) mass is 537 g/mol. The number of hydrogen-bond donors (Lipinski definition) is 2. The van der Waals surface area contributed by atoms with Crippen molar-refractivity contribution >= 4 is 23.3 Å². The molecule has 3 aromatic rings. The highest BCUT2D eigenvalue weighted by molar-refractivity contribution is 6.42. The molecule has 9 heteroatoms. The number of hydrogen-bond acceptors (Lipinski definition) is 6. The van der Waals surface area contributed by atoms with Gasteiger partial charge in [-0.05, 0) is 56.9 Å². The number of carbonyl (C=O) groups is 2. The molecule has 0 unspecified atom stereocenters. The Kier molecular flexibility index (Phi) is 7.47. The number of Topliss-reactive ketones (excluding diaryl/α,β-unsaturated/α-hetero) is 1. The van der Waals surface area contributed by atoms with Crippen LogP contribution in [0.4, 0.5) is 4.39 Å². The van der Waals surface area contributed by atoms with Gasteiger partial charge in [-0.2, -0.15) is 0 Å². The van der Waals surface area contributed by atoms with E-state index in [-0.39, 0.29) is 11.7 Å². The van der Waals surface area contributed by atoms with Gasteiger partial charge in [0.2, 0.25) is 5.78 Å². The number of halogens is 2. The quantitative estimate of drug-likeness (QED) is 0.303. The number of amides is 1. The summed E-state index contributed by atoms with van der Waals surface area (Å²) in [6, 6.07) is 13.5. The molecule has 7 nitrogen and oxygen atoms in total. The predicted molar refractivity (Wildman–Crippen MR) is 141 cm³/mol. The summed E-state index contributed by atoms with van der Waals surface area (Å²) in [5, 5.41) is 15.1. The standard InChI is InChI=1S/C29H29ClFN3O4/c1-18(33-28(36)27(35)20-6-4-19(5-7-20)25-12-9-22(31)17-32-25)29(37,34-14-2-3-15-34)21-8-13-26(24(30)16-21)38-23-10-11-23/h4-9,12-13,16-18,23,37H,2-3,10-11,14-15H2,1H3,(H,33,36)/t18-,29+/m1/s1. The van der Waals surface area contributed by atoms with E-state index in [0.717, 1.165) is 31.9 Å². The Morgan fingerprint density at radius 1 is 1.13 bits per heavy atom. The Hall–Kier alpha value is -3.33. The van der Waals surface area contributed by atoms with Crippen LogP contribution in [0.5, 0.6) is 5.75 Å². The van der Waals surface area contributed by atoms with E-state index in [2.05, 4.69) is 10.3 Å². The third-order valence-electron chi connectivity index (χ3n) is 7.09. The van der Waals surface area contributed by atoms with E-state index in [1.54, 1.807) is 37.3 Å². The maximum atomic E-state index is 13.2. The minimum atomic E-state index is -1.58. The zero-order valence-electron chi connectivity index (χ0n) is 21.0. The van der Waals surface area contributed by atoms with Crippen molar-refractivity contribution in [3.05, 3.63) is 82.8 Å². The highest BCUT2D eigenvalue weighted by atomic mass is 35.5. The molecule has 38 heavy (non-hydrogen) atoms. The number of ether oxygens (including phenoxy) is 1. The molecule has 1 amide bonds. The van der Waals surface area contributed by atoms with Gasteiger partial charge in [-0.1, -0.05) is 41.9 Å². The number of ketones is 1. The van der Waals surface area contributed by atoms with Gasteiger partial charge in [0.1, 0.15) is 11.6 Å². The normalized spacial score (nSPS) is 18.0. The second kappa shape index (κ2) is 10.8. The predicted octanol–water partition coefficient (Wildman–Crippen LogP) is 4.71. The van der Waals surface area contributed by atoms with Gasteiger partial charge in [0, 0.05) is 29.8 Å². The number of nitrogens with zero attached hydrogens (tertiary/aromatic N) is 2.